The summed E-state index contributed by atoms with van der Waals surface area (Å²) in [5.41, 5.74) is 16.1. The molecule has 0 bridgehead atoms. The largest absolute Gasteiger partial charge is 0.483 e. The van der Waals surface area contributed by atoms with Gasteiger partial charge in [-0.05, 0) is 71.0 Å². The number of ether oxygens (including phenoxy) is 2. The van der Waals surface area contributed by atoms with Gasteiger partial charge in [-0.25, -0.2) is 9.97 Å². The van der Waals surface area contributed by atoms with Gasteiger partial charge in [-0.3, -0.25) is 39.2 Å². The topological polar surface area (TPSA) is 247 Å². The number of hydrogen-bond acceptors (Lipinski definition) is 11. The van der Waals surface area contributed by atoms with E-state index >= 15 is 0 Å². The van der Waals surface area contributed by atoms with Crippen LogP contribution in [-0.4, -0.2) is 81.6 Å². The average Bonchev–Trinajstić information content (AvgIpc) is 4.00. The summed E-state index contributed by atoms with van der Waals surface area (Å²) in [6.07, 6.45) is 3.46. The molecule has 1 saturated heterocycles. The van der Waals surface area contributed by atoms with E-state index in [9.17, 15) is 19.2 Å². The molecule has 0 aliphatic carbocycles. The van der Waals surface area contributed by atoms with Crippen molar-refractivity contribution in [1.82, 2.24) is 38.7 Å². The molecule has 6 N–H and O–H groups in total. The standard InChI is InChI=1S/C40H42N12O7/c1-6-51-29(12-20(3)47-51)37(55)45-39-44-28-17-26(36(42)54)34-25(14-22(5)58-34)32(28)49(39)10-8-9-11-50-33-27(15-23(35(41)53)16-31(33)59-24-18-57-19-24)43-40(50)46-38(56)30-13-21(4)48-52(30)7-2/h8-9,12-17,24H,6-7,10-11,18-19H2,1-5H3,(H2,41,53)(H2,42,54)(H,43,46,56)(H,44,45,55)/b9-8+. The molecule has 0 spiro atoms. The van der Waals surface area contributed by atoms with Crippen LogP contribution < -0.4 is 26.8 Å². The van der Waals surface area contributed by atoms with Crippen LogP contribution in [0.4, 0.5) is 11.9 Å². The van der Waals surface area contributed by atoms with Crippen molar-refractivity contribution in [3.63, 3.8) is 0 Å². The van der Waals surface area contributed by atoms with E-state index in [2.05, 4.69) is 20.8 Å². The SMILES string of the molecule is CCn1nc(C)cc1C(=O)Nc1nc2cc(C(N)=O)cc(OC3COC3)c2n1C/C=C/Cn1c(NC(=O)c2cc(C)nn2CC)nc2cc(C(N)=O)c3oc(C)cc3c21. The van der Waals surface area contributed by atoms with Gasteiger partial charge in [0.25, 0.3) is 17.7 Å². The fourth-order valence-electron chi connectivity index (χ4n) is 7.23. The summed E-state index contributed by atoms with van der Waals surface area (Å²) in [5.74, 6) is -0.922. The van der Waals surface area contributed by atoms with Gasteiger partial charge in [0, 0.05) is 37.1 Å². The number of rotatable bonds is 14. The second-order valence-corrected chi connectivity index (χ2v) is 14.2. The summed E-state index contributed by atoms with van der Waals surface area (Å²) in [7, 11) is 0. The van der Waals surface area contributed by atoms with Crippen LogP contribution in [0, 0.1) is 20.8 Å². The number of fused-ring (bicyclic) bond motifs is 4. The molecule has 0 radical (unpaired) electrons. The van der Waals surface area contributed by atoms with Crippen LogP contribution in [0.15, 0.2) is 53.0 Å². The highest BCUT2D eigenvalue weighted by molar-refractivity contribution is 6.14. The molecule has 7 aromatic rings. The van der Waals surface area contributed by atoms with E-state index in [1.807, 2.05) is 26.0 Å². The predicted molar refractivity (Wildman–Crippen MR) is 217 cm³/mol. The lowest BCUT2D eigenvalue weighted by Gasteiger charge is -2.27. The molecular formula is C40H42N12O7. The van der Waals surface area contributed by atoms with Gasteiger partial charge in [0.05, 0.1) is 46.7 Å². The normalized spacial score (nSPS) is 13.2. The Kier molecular flexibility index (Phi) is 9.96. The number of aromatic nitrogens is 8. The number of aryl methyl sites for hydroxylation is 5. The Morgan fingerprint density at radius 2 is 1.34 bits per heavy atom. The van der Waals surface area contributed by atoms with Gasteiger partial charge in [0.1, 0.15) is 40.1 Å². The summed E-state index contributed by atoms with van der Waals surface area (Å²) in [5, 5.41) is 15.3. The van der Waals surface area contributed by atoms with Crippen molar-refractivity contribution in [2.45, 2.75) is 66.9 Å². The molecule has 8 rings (SSSR count). The highest BCUT2D eigenvalue weighted by Gasteiger charge is 2.27. The number of nitrogens with zero attached hydrogens (tertiary/aromatic N) is 8. The molecule has 2 aromatic carbocycles. The van der Waals surface area contributed by atoms with Crippen LogP contribution in [0.1, 0.15) is 72.7 Å². The number of carbonyl (C=O) groups is 4. The van der Waals surface area contributed by atoms with Crippen molar-refractivity contribution in [2.75, 3.05) is 23.8 Å². The number of primary amides is 2. The van der Waals surface area contributed by atoms with E-state index in [1.54, 1.807) is 75.7 Å². The third kappa shape index (κ3) is 7.15. The third-order valence-electron chi connectivity index (χ3n) is 9.95. The molecule has 5 aromatic heterocycles. The predicted octanol–water partition coefficient (Wildman–Crippen LogP) is 4.23. The van der Waals surface area contributed by atoms with Crippen molar-refractivity contribution >= 4 is 68.6 Å². The zero-order valence-electron chi connectivity index (χ0n) is 33.0. The van der Waals surface area contributed by atoms with E-state index < -0.39 is 23.6 Å². The van der Waals surface area contributed by atoms with Crippen LogP contribution in [0.3, 0.4) is 0 Å². The maximum atomic E-state index is 13.7. The molecular weight excluding hydrogens is 761 g/mol. The molecule has 1 fully saturated rings. The first-order valence-corrected chi connectivity index (χ1v) is 19.0. The number of imidazole rings is 2. The van der Waals surface area contributed by atoms with Gasteiger partial charge in [0.2, 0.25) is 17.8 Å². The van der Waals surface area contributed by atoms with Gasteiger partial charge in [-0.1, -0.05) is 12.2 Å². The Morgan fingerprint density at radius 1 is 0.780 bits per heavy atom. The van der Waals surface area contributed by atoms with Crippen LogP contribution in [-0.2, 0) is 30.9 Å². The number of nitrogens with one attached hydrogen (secondary N) is 2. The first-order valence-electron chi connectivity index (χ1n) is 19.0. The summed E-state index contributed by atoms with van der Waals surface area (Å²) < 4.78 is 24.3. The van der Waals surface area contributed by atoms with Gasteiger partial charge < -0.3 is 34.5 Å². The lowest BCUT2D eigenvalue weighted by Crippen LogP contribution is -2.38. The van der Waals surface area contributed by atoms with Crippen LogP contribution in [0.25, 0.3) is 33.0 Å². The molecule has 0 unspecified atom stereocenters. The maximum Gasteiger partial charge on any atom is 0.276 e. The maximum absolute atomic E-state index is 13.7. The smallest absolute Gasteiger partial charge is 0.276 e. The van der Waals surface area contributed by atoms with Crippen molar-refractivity contribution in [1.29, 1.82) is 0 Å². The zero-order valence-corrected chi connectivity index (χ0v) is 33.0. The molecule has 1 aliphatic heterocycles. The first-order chi connectivity index (χ1) is 28.3. The second kappa shape index (κ2) is 15.2. The number of benzene rings is 2. The Morgan fingerprint density at radius 3 is 1.85 bits per heavy atom. The fraction of sp³-hybridized carbons (Fsp3) is 0.300. The number of anilines is 2. The fourth-order valence-corrected chi connectivity index (χ4v) is 7.23. The Bertz CT molecular complexity index is 2870. The minimum absolute atomic E-state index is 0.156. The number of nitrogens with two attached hydrogens (primary N) is 2. The van der Waals surface area contributed by atoms with E-state index in [-0.39, 0.29) is 42.2 Å². The average molecular weight is 803 g/mol. The molecule has 1 aliphatic rings. The highest BCUT2D eigenvalue weighted by atomic mass is 16.6. The van der Waals surface area contributed by atoms with Crippen molar-refractivity contribution in [3.05, 3.63) is 88.2 Å². The quantitative estimate of drug-likeness (QED) is 0.113. The highest BCUT2D eigenvalue weighted by Crippen LogP contribution is 2.35. The van der Waals surface area contributed by atoms with Crippen molar-refractivity contribution < 1.29 is 33.1 Å². The molecule has 0 saturated carbocycles. The van der Waals surface area contributed by atoms with Crippen molar-refractivity contribution in [2.24, 2.45) is 11.5 Å². The number of allylic oxidation sites excluding steroid dienone is 2. The van der Waals surface area contributed by atoms with Gasteiger partial charge in [0.15, 0.2) is 0 Å². The van der Waals surface area contributed by atoms with Crippen LogP contribution in [0.2, 0.25) is 0 Å². The molecule has 19 heteroatoms. The summed E-state index contributed by atoms with van der Waals surface area (Å²) >= 11 is 0. The van der Waals surface area contributed by atoms with Crippen molar-refractivity contribution in [3.8, 4) is 5.75 Å². The van der Waals surface area contributed by atoms with Gasteiger partial charge in [-0.2, -0.15) is 10.2 Å². The number of furan rings is 1. The number of hydrogen-bond donors (Lipinski definition) is 4. The molecule has 0 atom stereocenters. The van der Waals surface area contributed by atoms with Crippen LogP contribution >= 0.6 is 0 Å². The molecule has 59 heavy (non-hydrogen) atoms. The number of amides is 4. The second-order valence-electron chi connectivity index (χ2n) is 14.2. The Labute approximate surface area is 335 Å². The van der Waals surface area contributed by atoms with Crippen LogP contribution in [0.5, 0.6) is 5.75 Å². The summed E-state index contributed by atoms with van der Waals surface area (Å²) in [6, 6.07) is 9.84. The number of carbonyl (C=O) groups excluding carboxylic acids is 4. The van der Waals surface area contributed by atoms with E-state index in [0.717, 1.165) is 0 Å². The molecule has 6 heterocycles. The van der Waals surface area contributed by atoms with Gasteiger partial charge in [-0.15, -0.1) is 0 Å². The third-order valence-corrected chi connectivity index (χ3v) is 9.95. The minimum atomic E-state index is -0.686. The minimum Gasteiger partial charge on any atom is -0.483 e. The van der Waals surface area contributed by atoms with Gasteiger partial charge >= 0.3 is 0 Å². The molecule has 19 nitrogen and oxygen atoms in total. The molecule has 304 valence electrons. The zero-order chi connectivity index (χ0) is 41.7. The monoisotopic (exact) mass is 802 g/mol. The lowest BCUT2D eigenvalue weighted by atomic mass is 10.1. The lowest BCUT2D eigenvalue weighted by molar-refractivity contribution is -0.0792. The van der Waals surface area contributed by atoms with E-state index in [4.69, 9.17) is 35.3 Å². The summed E-state index contributed by atoms with van der Waals surface area (Å²) in [6.45, 7) is 11.2. The Hall–Kier alpha value is -7.28. The first kappa shape index (κ1) is 38.6. The Balaban J connectivity index is 1.20. The summed E-state index contributed by atoms with van der Waals surface area (Å²) in [4.78, 5) is 61.9. The van der Waals surface area contributed by atoms with E-state index in [0.29, 0.717) is 93.6 Å². The molecule has 4 amide bonds. The van der Waals surface area contributed by atoms with E-state index in [1.165, 1.54) is 0 Å².